The minimum atomic E-state index is 1.11. The van der Waals surface area contributed by atoms with E-state index >= 15 is 0 Å². The third-order valence-electron chi connectivity index (χ3n) is 2.86. The van der Waals surface area contributed by atoms with E-state index in [0.29, 0.717) is 0 Å². The Balaban J connectivity index is 0.000000829. The number of rotatable bonds is 3. The number of benzene rings is 1. The van der Waals surface area contributed by atoms with Gasteiger partial charge in [0, 0.05) is 44.0 Å². The number of piperazine rings is 1. The molecule has 0 aliphatic carbocycles. The zero-order chi connectivity index (χ0) is 15.4. The van der Waals surface area contributed by atoms with Crippen molar-refractivity contribution in [3.8, 4) is 0 Å². The van der Waals surface area contributed by atoms with E-state index in [-0.39, 0.29) is 0 Å². The van der Waals surface area contributed by atoms with Crippen molar-refractivity contribution in [1.82, 2.24) is 9.03 Å². The minimum Gasteiger partial charge on any atom is -0.369 e. The molecule has 0 aromatic heterocycles. The van der Waals surface area contributed by atoms with Crippen LogP contribution in [0.15, 0.2) is 24.3 Å². The van der Waals surface area contributed by atoms with Gasteiger partial charge in [-0.2, -0.15) is 0 Å². The molecule has 20 heavy (non-hydrogen) atoms. The van der Waals surface area contributed by atoms with E-state index < -0.39 is 0 Å². The third kappa shape index (κ3) is 6.64. The van der Waals surface area contributed by atoms with Gasteiger partial charge in [-0.05, 0) is 26.1 Å². The third-order valence-corrected chi connectivity index (χ3v) is 3.66. The number of nitrogens with one attached hydrogen (secondary N) is 1. The van der Waals surface area contributed by atoms with Gasteiger partial charge < -0.3 is 4.90 Å². The van der Waals surface area contributed by atoms with Crippen molar-refractivity contribution in [2.24, 2.45) is 0 Å². The van der Waals surface area contributed by atoms with Crippen LogP contribution in [-0.4, -0.2) is 37.5 Å². The van der Waals surface area contributed by atoms with Crippen LogP contribution in [0.4, 0.5) is 5.69 Å². The molecule has 0 amide bonds. The van der Waals surface area contributed by atoms with Gasteiger partial charge in [-0.15, -0.1) is 0 Å². The van der Waals surface area contributed by atoms with Crippen LogP contribution in [0.3, 0.4) is 0 Å². The Kier molecular flexibility index (Phi) is 11.6. The molecule has 0 spiro atoms. The predicted molar refractivity (Wildman–Crippen MR) is 94.3 cm³/mol. The highest BCUT2D eigenvalue weighted by atomic mass is 32.2. The van der Waals surface area contributed by atoms with E-state index in [0.717, 1.165) is 26.2 Å². The highest BCUT2D eigenvalue weighted by Crippen LogP contribution is 2.18. The van der Waals surface area contributed by atoms with E-state index in [9.17, 15) is 0 Å². The summed E-state index contributed by atoms with van der Waals surface area (Å²) in [7, 11) is 1.97. The van der Waals surface area contributed by atoms with Gasteiger partial charge in [0.2, 0.25) is 0 Å². The molecule has 1 aliphatic rings. The first-order valence-electron chi connectivity index (χ1n) is 7.70. The monoisotopic (exact) mass is 297 g/mol. The number of nitrogens with zero attached hydrogens (tertiary/aromatic N) is 2. The Bertz CT molecular complexity index is 319. The summed E-state index contributed by atoms with van der Waals surface area (Å²) in [6, 6.07) is 8.81. The van der Waals surface area contributed by atoms with Gasteiger partial charge in [0.25, 0.3) is 0 Å². The molecule has 0 atom stereocenters. The maximum absolute atomic E-state index is 3.12. The van der Waals surface area contributed by atoms with Crippen molar-refractivity contribution in [3.05, 3.63) is 29.8 Å². The molecule has 1 fully saturated rings. The van der Waals surface area contributed by atoms with E-state index in [1.165, 1.54) is 11.3 Å². The average Bonchev–Trinajstić information content (AvgIpc) is 2.53. The van der Waals surface area contributed by atoms with Gasteiger partial charge in [0.05, 0.1) is 0 Å². The maximum atomic E-state index is 3.12. The fraction of sp³-hybridized carbons (Fsp3) is 0.625. The fourth-order valence-electron chi connectivity index (χ4n) is 1.92. The van der Waals surface area contributed by atoms with E-state index in [1.54, 1.807) is 12.1 Å². The molecule has 4 heteroatoms. The van der Waals surface area contributed by atoms with Crippen LogP contribution in [0, 0.1) is 6.92 Å². The lowest BCUT2D eigenvalue weighted by molar-refractivity contribution is 0.428. The number of hydrogen-bond acceptors (Lipinski definition) is 4. The van der Waals surface area contributed by atoms with Crippen LogP contribution in [0.5, 0.6) is 0 Å². The summed E-state index contributed by atoms with van der Waals surface area (Å²) in [5.74, 6) is 0. The Morgan fingerprint density at radius 2 is 1.40 bits per heavy atom. The lowest BCUT2D eigenvalue weighted by Crippen LogP contribution is -2.44. The summed E-state index contributed by atoms with van der Waals surface area (Å²) in [6.45, 7) is 14.6. The summed E-state index contributed by atoms with van der Waals surface area (Å²) in [5.41, 5.74) is 2.67. The standard InChI is InChI=1S/C12H19N3S.2C2H6/c1-11-3-5-12(6-4-11)14-7-9-15(10-8-14)16-13-2;2*1-2/h3-6,13H,7-10H2,1-2H3;2*1-2H3. The second-order valence-electron chi connectivity index (χ2n) is 4.05. The normalized spacial score (nSPS) is 14.8. The zero-order valence-electron chi connectivity index (χ0n) is 13.9. The number of anilines is 1. The number of hydrogen-bond donors (Lipinski definition) is 1. The quantitative estimate of drug-likeness (QED) is 0.851. The van der Waals surface area contributed by atoms with Crippen molar-refractivity contribution >= 4 is 17.8 Å². The Labute approximate surface area is 130 Å². The lowest BCUT2D eigenvalue weighted by atomic mass is 10.2. The molecule has 0 saturated carbocycles. The van der Waals surface area contributed by atoms with Crippen LogP contribution in [0.2, 0.25) is 0 Å². The predicted octanol–water partition coefficient (Wildman–Crippen LogP) is 3.95. The van der Waals surface area contributed by atoms with Gasteiger partial charge in [-0.25, -0.2) is 4.31 Å². The molecule has 0 radical (unpaired) electrons. The molecular weight excluding hydrogens is 266 g/mol. The highest BCUT2D eigenvalue weighted by Gasteiger charge is 2.16. The molecule has 1 N–H and O–H groups in total. The molecule has 0 bridgehead atoms. The van der Waals surface area contributed by atoms with Crippen LogP contribution >= 0.6 is 12.1 Å². The van der Waals surface area contributed by atoms with E-state index in [2.05, 4.69) is 45.1 Å². The molecule has 0 unspecified atom stereocenters. The summed E-state index contributed by atoms with van der Waals surface area (Å²) < 4.78 is 5.49. The average molecular weight is 298 g/mol. The Hall–Kier alpha value is -0.710. The SMILES string of the molecule is CC.CC.CNSN1CCN(c2ccc(C)cc2)CC1. The molecule has 1 aliphatic heterocycles. The van der Waals surface area contributed by atoms with Crippen LogP contribution in [-0.2, 0) is 0 Å². The highest BCUT2D eigenvalue weighted by molar-refractivity contribution is 7.95. The van der Waals surface area contributed by atoms with Crippen molar-refractivity contribution in [2.45, 2.75) is 34.6 Å². The first-order chi connectivity index (χ1) is 9.79. The van der Waals surface area contributed by atoms with Gasteiger partial charge >= 0.3 is 0 Å². The van der Waals surface area contributed by atoms with Gasteiger partial charge in [0.1, 0.15) is 0 Å². The molecule has 116 valence electrons. The zero-order valence-corrected chi connectivity index (χ0v) is 14.8. The summed E-state index contributed by atoms with van der Waals surface area (Å²) in [5, 5.41) is 0. The number of aryl methyl sites for hydroxylation is 1. The molecule has 1 heterocycles. The second kappa shape index (κ2) is 12.1. The van der Waals surface area contributed by atoms with Crippen LogP contribution in [0.25, 0.3) is 0 Å². The molecule has 3 nitrogen and oxygen atoms in total. The molecular formula is C16H31N3S. The Morgan fingerprint density at radius 1 is 0.900 bits per heavy atom. The second-order valence-corrected chi connectivity index (χ2v) is 5.15. The summed E-state index contributed by atoms with van der Waals surface area (Å²) in [6.07, 6.45) is 0. The van der Waals surface area contributed by atoms with Gasteiger partial charge in [-0.1, -0.05) is 45.4 Å². The van der Waals surface area contributed by atoms with E-state index in [4.69, 9.17) is 0 Å². The maximum Gasteiger partial charge on any atom is 0.0367 e. The van der Waals surface area contributed by atoms with Crippen LogP contribution in [0.1, 0.15) is 33.3 Å². The topological polar surface area (TPSA) is 18.5 Å². The summed E-state index contributed by atoms with van der Waals surface area (Å²) >= 11 is 1.71. The summed E-state index contributed by atoms with van der Waals surface area (Å²) in [4.78, 5) is 2.45. The van der Waals surface area contributed by atoms with Crippen molar-refractivity contribution in [1.29, 1.82) is 0 Å². The first kappa shape index (κ1) is 19.3. The minimum absolute atomic E-state index is 1.11. The molecule has 1 aromatic carbocycles. The van der Waals surface area contributed by atoms with E-state index in [1.807, 2.05) is 34.7 Å². The van der Waals surface area contributed by atoms with Crippen LogP contribution < -0.4 is 9.62 Å². The van der Waals surface area contributed by atoms with Crippen molar-refractivity contribution in [2.75, 3.05) is 38.1 Å². The van der Waals surface area contributed by atoms with Gasteiger partial charge in [-0.3, -0.25) is 4.72 Å². The first-order valence-corrected chi connectivity index (χ1v) is 8.47. The van der Waals surface area contributed by atoms with Gasteiger partial charge in [0.15, 0.2) is 0 Å². The molecule has 1 aromatic rings. The van der Waals surface area contributed by atoms with Crippen molar-refractivity contribution < 1.29 is 0 Å². The molecule has 2 rings (SSSR count). The largest absolute Gasteiger partial charge is 0.369 e. The Morgan fingerprint density at radius 3 is 1.85 bits per heavy atom. The smallest absolute Gasteiger partial charge is 0.0367 e. The van der Waals surface area contributed by atoms with Crippen molar-refractivity contribution in [3.63, 3.8) is 0 Å². The molecule has 1 saturated heterocycles. The lowest BCUT2D eigenvalue weighted by Gasteiger charge is -2.34. The fourth-order valence-corrected chi connectivity index (χ4v) is 2.53.